The number of thioether (sulfide) groups is 1. The molecule has 0 fully saturated rings. The van der Waals surface area contributed by atoms with Crippen LogP contribution in [-0.4, -0.2) is 23.7 Å². The van der Waals surface area contributed by atoms with Gasteiger partial charge < -0.3 is 14.5 Å². The number of nitrogens with one attached hydrogen (secondary N) is 1. The standard InChI is InChI=1S/C18H21NO4S2/c1-3-22-18(21)15-13-7-4-8-14(13)25-17(15)19-16(20)11(2)24-10-12-6-5-9-23-12/h5-6,9,11H,3-4,7-8,10H2,1-2H3,(H,19,20). The highest BCUT2D eigenvalue weighted by Crippen LogP contribution is 2.39. The number of ether oxygens (including phenoxy) is 1. The highest BCUT2D eigenvalue weighted by atomic mass is 32.2. The van der Waals surface area contributed by atoms with Crippen LogP contribution in [0.3, 0.4) is 0 Å². The normalized spacial score (nSPS) is 14.2. The number of esters is 1. The van der Waals surface area contributed by atoms with Crippen LogP contribution in [0.15, 0.2) is 22.8 Å². The molecule has 0 aliphatic heterocycles. The Bertz CT molecular complexity index is 751. The van der Waals surface area contributed by atoms with Crippen LogP contribution in [-0.2, 0) is 28.1 Å². The number of aryl methyl sites for hydroxylation is 1. The van der Waals surface area contributed by atoms with Crippen LogP contribution in [0.25, 0.3) is 0 Å². The van der Waals surface area contributed by atoms with E-state index in [0.717, 1.165) is 30.6 Å². The Morgan fingerprint density at radius 3 is 3.00 bits per heavy atom. The first kappa shape index (κ1) is 18.1. The predicted molar refractivity (Wildman–Crippen MR) is 100 cm³/mol. The molecule has 1 aliphatic carbocycles. The molecule has 0 saturated heterocycles. The molecule has 25 heavy (non-hydrogen) atoms. The molecular weight excluding hydrogens is 358 g/mol. The van der Waals surface area contributed by atoms with Crippen molar-refractivity contribution in [2.75, 3.05) is 11.9 Å². The molecule has 2 heterocycles. The van der Waals surface area contributed by atoms with Gasteiger partial charge in [0, 0.05) is 4.88 Å². The maximum atomic E-state index is 12.5. The van der Waals surface area contributed by atoms with E-state index < -0.39 is 0 Å². The van der Waals surface area contributed by atoms with Gasteiger partial charge in [0.05, 0.1) is 29.4 Å². The number of hydrogen-bond donors (Lipinski definition) is 1. The Balaban J connectivity index is 1.69. The van der Waals surface area contributed by atoms with Crippen molar-refractivity contribution < 1.29 is 18.7 Å². The molecule has 5 nitrogen and oxygen atoms in total. The largest absolute Gasteiger partial charge is 0.468 e. The number of carbonyl (C=O) groups excluding carboxylic acids is 2. The van der Waals surface area contributed by atoms with Gasteiger partial charge in [0.15, 0.2) is 0 Å². The summed E-state index contributed by atoms with van der Waals surface area (Å²) in [5.74, 6) is 1.02. The minimum absolute atomic E-state index is 0.109. The van der Waals surface area contributed by atoms with Crippen LogP contribution >= 0.6 is 23.1 Å². The first-order valence-electron chi connectivity index (χ1n) is 8.36. The first-order valence-corrected chi connectivity index (χ1v) is 10.2. The summed E-state index contributed by atoms with van der Waals surface area (Å²) in [5, 5.41) is 3.31. The van der Waals surface area contributed by atoms with Crippen molar-refractivity contribution in [1.82, 2.24) is 0 Å². The third-order valence-electron chi connectivity index (χ3n) is 4.06. The number of fused-ring (bicyclic) bond motifs is 1. The van der Waals surface area contributed by atoms with Gasteiger partial charge in [-0.3, -0.25) is 4.79 Å². The fourth-order valence-corrected chi connectivity index (χ4v) is 4.87. The summed E-state index contributed by atoms with van der Waals surface area (Å²) >= 11 is 3.00. The lowest BCUT2D eigenvalue weighted by Crippen LogP contribution is -2.23. The number of furan rings is 1. The zero-order chi connectivity index (χ0) is 17.8. The lowest BCUT2D eigenvalue weighted by molar-refractivity contribution is -0.115. The van der Waals surface area contributed by atoms with Gasteiger partial charge in [-0.25, -0.2) is 4.79 Å². The lowest BCUT2D eigenvalue weighted by Gasteiger charge is -2.12. The van der Waals surface area contributed by atoms with Gasteiger partial charge in [0.1, 0.15) is 10.8 Å². The predicted octanol–water partition coefficient (Wildman–Crippen LogP) is 4.27. The molecule has 1 aliphatic rings. The fraction of sp³-hybridized carbons (Fsp3) is 0.444. The van der Waals surface area contributed by atoms with E-state index in [-0.39, 0.29) is 17.1 Å². The summed E-state index contributed by atoms with van der Waals surface area (Å²) in [6.07, 6.45) is 4.51. The maximum Gasteiger partial charge on any atom is 0.341 e. The van der Waals surface area contributed by atoms with Gasteiger partial charge >= 0.3 is 5.97 Å². The van der Waals surface area contributed by atoms with E-state index in [4.69, 9.17) is 9.15 Å². The van der Waals surface area contributed by atoms with Gasteiger partial charge in [-0.2, -0.15) is 0 Å². The highest BCUT2D eigenvalue weighted by Gasteiger charge is 2.29. The number of hydrogen-bond acceptors (Lipinski definition) is 6. The average molecular weight is 380 g/mol. The number of anilines is 1. The molecule has 1 N–H and O–H groups in total. The van der Waals surface area contributed by atoms with Crippen molar-refractivity contribution in [3.05, 3.63) is 40.2 Å². The second-order valence-electron chi connectivity index (χ2n) is 5.80. The monoisotopic (exact) mass is 379 g/mol. The molecule has 1 amide bonds. The Morgan fingerprint density at radius 2 is 2.28 bits per heavy atom. The topological polar surface area (TPSA) is 68.5 Å². The number of amides is 1. The van der Waals surface area contributed by atoms with Crippen LogP contribution in [0.4, 0.5) is 5.00 Å². The molecule has 0 radical (unpaired) electrons. The van der Waals surface area contributed by atoms with E-state index in [2.05, 4.69) is 5.32 Å². The van der Waals surface area contributed by atoms with Gasteiger partial charge in [0.2, 0.25) is 5.91 Å². The van der Waals surface area contributed by atoms with E-state index in [1.807, 2.05) is 19.1 Å². The van der Waals surface area contributed by atoms with Crippen molar-refractivity contribution in [2.45, 2.75) is 44.1 Å². The molecule has 134 valence electrons. The summed E-state index contributed by atoms with van der Waals surface area (Å²) in [7, 11) is 0. The molecule has 0 spiro atoms. The molecule has 0 aromatic carbocycles. The third-order valence-corrected chi connectivity index (χ3v) is 6.44. The van der Waals surface area contributed by atoms with Crippen molar-refractivity contribution in [3.8, 4) is 0 Å². The highest BCUT2D eigenvalue weighted by molar-refractivity contribution is 7.99. The van der Waals surface area contributed by atoms with E-state index in [1.54, 1.807) is 13.2 Å². The average Bonchev–Trinajstić information content (AvgIpc) is 3.29. The smallest absolute Gasteiger partial charge is 0.341 e. The van der Waals surface area contributed by atoms with Crippen LogP contribution in [0, 0.1) is 0 Å². The zero-order valence-corrected chi connectivity index (χ0v) is 15.9. The first-order chi connectivity index (χ1) is 12.1. The minimum atomic E-state index is -0.340. The molecule has 1 unspecified atom stereocenters. The number of rotatable bonds is 7. The third kappa shape index (κ3) is 4.10. The molecule has 0 saturated carbocycles. The minimum Gasteiger partial charge on any atom is -0.468 e. The summed E-state index contributed by atoms with van der Waals surface area (Å²) in [6, 6.07) is 3.72. The van der Waals surface area contributed by atoms with Crippen molar-refractivity contribution >= 4 is 40.0 Å². The second kappa shape index (κ2) is 8.10. The Morgan fingerprint density at radius 1 is 1.44 bits per heavy atom. The summed E-state index contributed by atoms with van der Waals surface area (Å²) in [5.41, 5.74) is 1.60. The van der Waals surface area contributed by atoms with Crippen LogP contribution in [0.2, 0.25) is 0 Å². The SMILES string of the molecule is CCOC(=O)c1c(NC(=O)C(C)SCc2ccco2)sc2c1CCC2. The zero-order valence-electron chi connectivity index (χ0n) is 14.3. The molecule has 7 heteroatoms. The molecule has 3 rings (SSSR count). The summed E-state index contributed by atoms with van der Waals surface area (Å²) < 4.78 is 10.5. The van der Waals surface area contributed by atoms with Gasteiger partial charge in [-0.15, -0.1) is 23.1 Å². The van der Waals surface area contributed by atoms with Crippen LogP contribution in [0.1, 0.15) is 46.8 Å². The molecular formula is C18H21NO4S2. The van der Waals surface area contributed by atoms with Gasteiger partial charge in [-0.1, -0.05) is 0 Å². The molecule has 2 aromatic heterocycles. The Kier molecular flexibility index (Phi) is 5.86. The Labute approximate surface area is 155 Å². The van der Waals surface area contributed by atoms with Crippen molar-refractivity contribution in [3.63, 3.8) is 0 Å². The van der Waals surface area contributed by atoms with E-state index in [0.29, 0.717) is 22.9 Å². The fourth-order valence-electron chi connectivity index (χ4n) is 2.80. The van der Waals surface area contributed by atoms with E-state index in [1.165, 1.54) is 28.0 Å². The van der Waals surface area contributed by atoms with Crippen LogP contribution < -0.4 is 5.32 Å². The van der Waals surface area contributed by atoms with Crippen molar-refractivity contribution in [2.24, 2.45) is 0 Å². The lowest BCUT2D eigenvalue weighted by atomic mass is 10.1. The van der Waals surface area contributed by atoms with Crippen molar-refractivity contribution in [1.29, 1.82) is 0 Å². The maximum absolute atomic E-state index is 12.5. The van der Waals surface area contributed by atoms with Gasteiger partial charge in [0.25, 0.3) is 0 Å². The molecule has 1 atom stereocenters. The summed E-state index contributed by atoms with van der Waals surface area (Å²) in [6.45, 7) is 3.97. The van der Waals surface area contributed by atoms with Crippen LogP contribution in [0.5, 0.6) is 0 Å². The second-order valence-corrected chi connectivity index (χ2v) is 8.24. The van der Waals surface area contributed by atoms with E-state index in [9.17, 15) is 9.59 Å². The Hall–Kier alpha value is -1.73. The quantitative estimate of drug-likeness (QED) is 0.728. The molecule has 0 bridgehead atoms. The number of thiophene rings is 1. The molecule has 2 aromatic rings. The van der Waals surface area contributed by atoms with E-state index >= 15 is 0 Å². The van der Waals surface area contributed by atoms with Gasteiger partial charge in [-0.05, 0) is 50.8 Å². The summed E-state index contributed by atoms with van der Waals surface area (Å²) in [4.78, 5) is 26.0. The number of carbonyl (C=O) groups is 2.